The number of hydrogen-bond donors (Lipinski definition) is 2. The molecule has 2 atom stereocenters. The second kappa shape index (κ2) is 17.5. The molecular formula is C25H42O4. The molecule has 0 aromatic heterocycles. The molecule has 2 unspecified atom stereocenters. The molecule has 0 bridgehead atoms. The van der Waals surface area contributed by atoms with Crippen molar-refractivity contribution < 1.29 is 19.7 Å². The Kier molecular flexibility index (Phi) is 15.4. The summed E-state index contributed by atoms with van der Waals surface area (Å²) in [6.07, 6.45) is 14.1. The average molecular weight is 407 g/mol. The molecule has 0 aliphatic heterocycles. The monoisotopic (exact) mass is 406 g/mol. The highest BCUT2D eigenvalue weighted by Crippen LogP contribution is 2.18. The number of hydrogen-bond acceptors (Lipinski definition) is 3. The van der Waals surface area contributed by atoms with Crippen LogP contribution in [0.2, 0.25) is 0 Å². The van der Waals surface area contributed by atoms with Crippen LogP contribution in [0.1, 0.15) is 102 Å². The van der Waals surface area contributed by atoms with Gasteiger partial charge in [-0.3, -0.25) is 4.79 Å². The Morgan fingerprint density at radius 2 is 1.48 bits per heavy atom. The van der Waals surface area contributed by atoms with Crippen LogP contribution in [0.5, 0.6) is 0 Å². The van der Waals surface area contributed by atoms with Gasteiger partial charge >= 0.3 is 5.97 Å². The number of aliphatic hydroxyl groups excluding tert-OH is 1. The van der Waals surface area contributed by atoms with E-state index in [2.05, 4.69) is 19.1 Å². The number of carboxylic acids is 1. The number of rotatable bonds is 19. The van der Waals surface area contributed by atoms with Gasteiger partial charge in [0.2, 0.25) is 0 Å². The summed E-state index contributed by atoms with van der Waals surface area (Å²) in [5.41, 5.74) is 1.16. The first-order valence-electron chi connectivity index (χ1n) is 11.7. The van der Waals surface area contributed by atoms with Crippen LogP contribution in [-0.2, 0) is 16.1 Å². The van der Waals surface area contributed by atoms with Crippen LogP contribution in [-0.4, -0.2) is 28.4 Å². The van der Waals surface area contributed by atoms with Crippen molar-refractivity contribution in [3.8, 4) is 0 Å². The number of unbranched alkanes of at least 4 members (excludes halogenated alkanes) is 8. The molecule has 4 nitrogen and oxygen atoms in total. The lowest BCUT2D eigenvalue weighted by Gasteiger charge is -2.20. The van der Waals surface area contributed by atoms with Gasteiger partial charge in [-0.1, -0.05) is 95.0 Å². The smallest absolute Gasteiger partial charge is 0.303 e. The fourth-order valence-electron chi connectivity index (χ4n) is 3.59. The zero-order chi connectivity index (χ0) is 21.2. The third-order valence-corrected chi connectivity index (χ3v) is 5.47. The number of aliphatic hydroxyl groups is 1. The zero-order valence-corrected chi connectivity index (χ0v) is 18.4. The third kappa shape index (κ3) is 15.2. The Balaban J connectivity index is 2.27. The predicted octanol–water partition coefficient (Wildman–Crippen LogP) is 6.50. The van der Waals surface area contributed by atoms with Crippen LogP contribution in [0.25, 0.3) is 0 Å². The molecule has 0 radical (unpaired) electrons. The van der Waals surface area contributed by atoms with Crippen molar-refractivity contribution in [2.45, 2.75) is 116 Å². The highest BCUT2D eigenvalue weighted by Gasteiger charge is 2.14. The largest absolute Gasteiger partial charge is 0.481 e. The summed E-state index contributed by atoms with van der Waals surface area (Å²) in [6, 6.07) is 10.2. The summed E-state index contributed by atoms with van der Waals surface area (Å²) >= 11 is 0. The highest BCUT2D eigenvalue weighted by atomic mass is 16.5. The molecule has 4 heteroatoms. The summed E-state index contributed by atoms with van der Waals surface area (Å²) in [5.74, 6) is -0.851. The molecule has 2 N–H and O–H groups in total. The topological polar surface area (TPSA) is 66.8 Å². The number of benzene rings is 1. The van der Waals surface area contributed by atoms with E-state index in [0.717, 1.165) is 24.8 Å². The van der Waals surface area contributed by atoms with Gasteiger partial charge in [-0.25, -0.2) is 0 Å². The predicted molar refractivity (Wildman–Crippen MR) is 119 cm³/mol. The van der Waals surface area contributed by atoms with Gasteiger partial charge in [0.25, 0.3) is 0 Å². The van der Waals surface area contributed by atoms with Crippen molar-refractivity contribution in [3.63, 3.8) is 0 Å². The second-order valence-electron chi connectivity index (χ2n) is 8.20. The first-order valence-corrected chi connectivity index (χ1v) is 11.7. The van der Waals surface area contributed by atoms with Crippen LogP contribution >= 0.6 is 0 Å². The molecule has 0 spiro atoms. The van der Waals surface area contributed by atoms with Crippen molar-refractivity contribution in [3.05, 3.63) is 35.9 Å². The van der Waals surface area contributed by atoms with Crippen LogP contribution in [0, 0.1) is 0 Å². The van der Waals surface area contributed by atoms with Crippen molar-refractivity contribution in [2.75, 3.05) is 0 Å². The standard InChI is InChI=1S/C25H42O4/c1-2-3-4-5-6-7-8-9-13-16-24(19-17-23(26)18-20-25(27)28)29-21-22-14-11-10-12-15-22/h10-12,14-15,23-24,26H,2-9,13,16-21H2,1H3,(H,27,28). The van der Waals surface area contributed by atoms with Gasteiger partial charge in [0.05, 0.1) is 18.8 Å². The van der Waals surface area contributed by atoms with Crippen molar-refractivity contribution >= 4 is 5.97 Å². The Morgan fingerprint density at radius 1 is 0.862 bits per heavy atom. The van der Waals surface area contributed by atoms with Crippen LogP contribution in [0.4, 0.5) is 0 Å². The van der Waals surface area contributed by atoms with Crippen LogP contribution in [0.15, 0.2) is 30.3 Å². The van der Waals surface area contributed by atoms with E-state index in [1.165, 1.54) is 51.4 Å². The summed E-state index contributed by atoms with van der Waals surface area (Å²) in [7, 11) is 0. The number of aliphatic carboxylic acids is 1. The Hall–Kier alpha value is -1.39. The molecule has 29 heavy (non-hydrogen) atoms. The van der Waals surface area contributed by atoms with E-state index < -0.39 is 12.1 Å². The summed E-state index contributed by atoms with van der Waals surface area (Å²) in [6.45, 7) is 2.84. The molecule has 0 heterocycles. The Labute approximate surface area is 177 Å². The maximum atomic E-state index is 10.7. The van der Waals surface area contributed by atoms with Gasteiger partial charge in [-0.15, -0.1) is 0 Å². The first-order chi connectivity index (χ1) is 14.1. The average Bonchev–Trinajstić information content (AvgIpc) is 2.73. The third-order valence-electron chi connectivity index (χ3n) is 5.47. The normalized spacial score (nSPS) is 13.3. The molecule has 0 saturated heterocycles. The van der Waals surface area contributed by atoms with Gasteiger partial charge < -0.3 is 14.9 Å². The molecule has 0 amide bonds. The lowest BCUT2D eigenvalue weighted by molar-refractivity contribution is -0.137. The minimum atomic E-state index is -0.851. The first kappa shape index (κ1) is 25.6. The minimum Gasteiger partial charge on any atom is -0.481 e. The Bertz CT molecular complexity index is 503. The van der Waals surface area contributed by atoms with E-state index in [9.17, 15) is 9.90 Å². The van der Waals surface area contributed by atoms with Gasteiger partial charge in [0.1, 0.15) is 0 Å². The van der Waals surface area contributed by atoms with Crippen LogP contribution < -0.4 is 0 Å². The summed E-state index contributed by atoms with van der Waals surface area (Å²) < 4.78 is 6.15. The van der Waals surface area contributed by atoms with Crippen LogP contribution in [0.3, 0.4) is 0 Å². The van der Waals surface area contributed by atoms with Crippen molar-refractivity contribution in [1.82, 2.24) is 0 Å². The van der Waals surface area contributed by atoms with Crippen molar-refractivity contribution in [1.29, 1.82) is 0 Å². The van der Waals surface area contributed by atoms with E-state index in [0.29, 0.717) is 19.4 Å². The highest BCUT2D eigenvalue weighted by molar-refractivity contribution is 5.66. The molecule has 0 fully saturated rings. The SMILES string of the molecule is CCCCCCCCCCCC(CCC(O)CCC(=O)O)OCc1ccccc1. The van der Waals surface area contributed by atoms with E-state index in [4.69, 9.17) is 9.84 Å². The molecule has 1 aromatic rings. The molecule has 0 aliphatic carbocycles. The molecule has 0 saturated carbocycles. The van der Waals surface area contributed by atoms with Gasteiger partial charge in [0.15, 0.2) is 0 Å². The van der Waals surface area contributed by atoms with E-state index in [1.807, 2.05) is 18.2 Å². The number of carbonyl (C=O) groups is 1. The lowest BCUT2D eigenvalue weighted by atomic mass is 10.0. The number of ether oxygens (including phenoxy) is 1. The fourth-order valence-corrected chi connectivity index (χ4v) is 3.59. The molecule has 166 valence electrons. The quantitative estimate of drug-likeness (QED) is 0.257. The van der Waals surface area contributed by atoms with Gasteiger partial charge in [-0.05, 0) is 31.2 Å². The molecular weight excluding hydrogens is 364 g/mol. The van der Waals surface area contributed by atoms with Crippen molar-refractivity contribution in [2.24, 2.45) is 0 Å². The number of carboxylic acid groups (broad SMARTS) is 1. The molecule has 1 aromatic carbocycles. The van der Waals surface area contributed by atoms with E-state index >= 15 is 0 Å². The minimum absolute atomic E-state index is 0.0228. The van der Waals surface area contributed by atoms with Gasteiger partial charge in [-0.2, -0.15) is 0 Å². The lowest BCUT2D eigenvalue weighted by Crippen LogP contribution is -2.17. The summed E-state index contributed by atoms with van der Waals surface area (Å²) in [4.78, 5) is 10.7. The molecule has 0 aliphatic rings. The van der Waals surface area contributed by atoms with Gasteiger partial charge in [0, 0.05) is 6.42 Å². The fraction of sp³-hybridized carbons (Fsp3) is 0.720. The van der Waals surface area contributed by atoms with E-state index in [1.54, 1.807) is 0 Å². The Morgan fingerprint density at radius 3 is 2.10 bits per heavy atom. The zero-order valence-electron chi connectivity index (χ0n) is 18.4. The maximum absolute atomic E-state index is 10.7. The van der Waals surface area contributed by atoms with E-state index in [-0.39, 0.29) is 12.5 Å². The molecule has 1 rings (SSSR count). The maximum Gasteiger partial charge on any atom is 0.303 e. The summed E-state index contributed by atoms with van der Waals surface area (Å²) in [5, 5.41) is 18.8. The second-order valence-corrected chi connectivity index (χ2v) is 8.20.